The zero-order chi connectivity index (χ0) is 15.5. The van der Waals surface area contributed by atoms with Crippen LogP contribution < -0.4 is 4.74 Å². The lowest BCUT2D eigenvalue weighted by Crippen LogP contribution is -2.04. The van der Waals surface area contributed by atoms with Crippen molar-refractivity contribution in [3.05, 3.63) is 70.3 Å². The Balaban J connectivity index is 1.98. The summed E-state index contributed by atoms with van der Waals surface area (Å²) in [6.07, 6.45) is 0. The molecule has 22 heavy (non-hydrogen) atoms. The molecule has 0 atom stereocenters. The van der Waals surface area contributed by atoms with Gasteiger partial charge in [0.2, 0.25) is 0 Å². The van der Waals surface area contributed by atoms with Crippen molar-refractivity contribution in [3.63, 3.8) is 0 Å². The van der Waals surface area contributed by atoms with E-state index in [1.807, 2.05) is 41.9 Å². The van der Waals surface area contributed by atoms with Gasteiger partial charge in [-0.1, -0.05) is 42.5 Å². The van der Waals surface area contributed by atoms with Crippen molar-refractivity contribution in [1.82, 2.24) is 9.78 Å². The Kier molecular flexibility index (Phi) is 4.29. The Morgan fingerprint density at radius 3 is 2.36 bits per heavy atom. The molecule has 112 valence electrons. The van der Waals surface area contributed by atoms with E-state index < -0.39 is 0 Å². The predicted molar refractivity (Wildman–Crippen MR) is 92.2 cm³/mol. The van der Waals surface area contributed by atoms with Gasteiger partial charge in [-0.2, -0.15) is 5.10 Å². The predicted octanol–water partition coefficient (Wildman–Crippen LogP) is 4.68. The number of ether oxygens (including phenoxy) is 1. The molecule has 0 amide bonds. The largest absolute Gasteiger partial charge is 0.497 e. The molecule has 0 saturated heterocycles. The Hall–Kier alpha value is -2.07. The number of hydrogen-bond donors (Lipinski definition) is 0. The topological polar surface area (TPSA) is 27.1 Å². The van der Waals surface area contributed by atoms with E-state index in [1.54, 1.807) is 7.11 Å². The fraction of sp³-hybridized carbons (Fsp3) is 0.167. The number of benzene rings is 2. The highest BCUT2D eigenvalue weighted by molar-refractivity contribution is 9.10. The maximum atomic E-state index is 5.21. The summed E-state index contributed by atoms with van der Waals surface area (Å²) in [6, 6.07) is 18.4. The van der Waals surface area contributed by atoms with Gasteiger partial charge in [0.15, 0.2) is 0 Å². The van der Waals surface area contributed by atoms with Gasteiger partial charge >= 0.3 is 0 Å². The molecule has 0 radical (unpaired) electrons. The molecule has 0 spiro atoms. The zero-order valence-corrected chi connectivity index (χ0v) is 14.2. The van der Waals surface area contributed by atoms with Crippen molar-refractivity contribution in [2.45, 2.75) is 13.5 Å². The van der Waals surface area contributed by atoms with Gasteiger partial charge in [-0.15, -0.1) is 0 Å². The summed E-state index contributed by atoms with van der Waals surface area (Å²) in [5.41, 5.74) is 4.44. The van der Waals surface area contributed by atoms with Gasteiger partial charge < -0.3 is 4.74 Å². The van der Waals surface area contributed by atoms with E-state index in [0.29, 0.717) is 0 Å². The number of hydrogen-bond acceptors (Lipinski definition) is 2. The normalized spacial score (nSPS) is 10.7. The highest BCUT2D eigenvalue weighted by atomic mass is 79.9. The van der Waals surface area contributed by atoms with E-state index in [-0.39, 0.29) is 0 Å². The second-order valence-electron chi connectivity index (χ2n) is 5.12. The third-order valence-electron chi connectivity index (χ3n) is 3.59. The summed E-state index contributed by atoms with van der Waals surface area (Å²) < 4.78 is 8.29. The van der Waals surface area contributed by atoms with E-state index >= 15 is 0 Å². The van der Waals surface area contributed by atoms with Crippen molar-refractivity contribution in [2.24, 2.45) is 0 Å². The van der Waals surface area contributed by atoms with Crippen molar-refractivity contribution >= 4 is 15.9 Å². The lowest BCUT2D eigenvalue weighted by molar-refractivity contribution is 0.414. The molecule has 0 unspecified atom stereocenters. The summed E-state index contributed by atoms with van der Waals surface area (Å²) in [6.45, 7) is 2.74. The van der Waals surface area contributed by atoms with Gasteiger partial charge in [0.05, 0.1) is 29.5 Å². The van der Waals surface area contributed by atoms with Gasteiger partial charge in [0, 0.05) is 5.56 Å². The Morgan fingerprint density at radius 2 is 1.73 bits per heavy atom. The van der Waals surface area contributed by atoms with Gasteiger partial charge in [-0.05, 0) is 40.5 Å². The van der Waals surface area contributed by atoms with Crippen LogP contribution in [-0.2, 0) is 6.54 Å². The Morgan fingerprint density at radius 1 is 1.05 bits per heavy atom. The Bertz CT molecular complexity index is 764. The van der Waals surface area contributed by atoms with Crippen LogP contribution in [0.5, 0.6) is 5.75 Å². The van der Waals surface area contributed by atoms with Crippen LogP contribution in [0.25, 0.3) is 11.3 Å². The van der Waals surface area contributed by atoms with Crippen LogP contribution in [0, 0.1) is 6.92 Å². The first-order valence-electron chi connectivity index (χ1n) is 7.10. The van der Waals surface area contributed by atoms with E-state index in [0.717, 1.165) is 33.7 Å². The molecular weight excluding hydrogens is 340 g/mol. The second-order valence-corrected chi connectivity index (χ2v) is 5.91. The fourth-order valence-electron chi connectivity index (χ4n) is 2.45. The molecule has 0 bridgehead atoms. The van der Waals surface area contributed by atoms with E-state index in [2.05, 4.69) is 45.3 Å². The molecule has 3 rings (SSSR count). The third-order valence-corrected chi connectivity index (χ3v) is 4.54. The molecular formula is C18H17BrN2O. The smallest absolute Gasteiger partial charge is 0.118 e. The third kappa shape index (κ3) is 2.92. The molecule has 0 saturated carbocycles. The first kappa shape index (κ1) is 14.9. The molecule has 1 heterocycles. The maximum absolute atomic E-state index is 5.21. The van der Waals surface area contributed by atoms with Crippen LogP contribution in [0.15, 0.2) is 59.1 Å². The molecule has 3 nitrogen and oxygen atoms in total. The lowest BCUT2D eigenvalue weighted by atomic mass is 10.1. The van der Waals surface area contributed by atoms with Gasteiger partial charge in [0.1, 0.15) is 5.75 Å². The number of rotatable bonds is 4. The number of methoxy groups -OCH3 is 1. The van der Waals surface area contributed by atoms with Crippen molar-refractivity contribution in [2.75, 3.05) is 7.11 Å². The van der Waals surface area contributed by atoms with Crippen LogP contribution in [0.3, 0.4) is 0 Å². The van der Waals surface area contributed by atoms with Crippen molar-refractivity contribution < 1.29 is 4.74 Å². The van der Waals surface area contributed by atoms with Gasteiger partial charge in [0.25, 0.3) is 0 Å². The molecule has 0 aliphatic rings. The highest BCUT2D eigenvalue weighted by Crippen LogP contribution is 2.31. The van der Waals surface area contributed by atoms with E-state index in [9.17, 15) is 0 Å². The summed E-state index contributed by atoms with van der Waals surface area (Å²) in [7, 11) is 1.68. The summed E-state index contributed by atoms with van der Waals surface area (Å²) in [5.74, 6) is 0.866. The Labute approximate surface area is 138 Å². The van der Waals surface area contributed by atoms with Crippen molar-refractivity contribution in [1.29, 1.82) is 0 Å². The quantitative estimate of drug-likeness (QED) is 0.678. The van der Waals surface area contributed by atoms with Crippen LogP contribution in [-0.4, -0.2) is 16.9 Å². The minimum absolute atomic E-state index is 0.723. The van der Waals surface area contributed by atoms with E-state index in [4.69, 9.17) is 4.74 Å². The number of aromatic nitrogens is 2. The first-order chi connectivity index (χ1) is 10.7. The highest BCUT2D eigenvalue weighted by Gasteiger charge is 2.14. The number of nitrogens with zero attached hydrogens (tertiary/aromatic N) is 2. The average molecular weight is 357 g/mol. The molecule has 2 aromatic carbocycles. The summed E-state index contributed by atoms with van der Waals surface area (Å²) in [4.78, 5) is 0. The summed E-state index contributed by atoms with van der Waals surface area (Å²) >= 11 is 3.67. The summed E-state index contributed by atoms with van der Waals surface area (Å²) in [5, 5.41) is 4.66. The SMILES string of the molecule is COc1ccc(Cn2nc(C)c(Br)c2-c2ccccc2)cc1. The average Bonchev–Trinajstić information content (AvgIpc) is 2.83. The molecule has 0 aliphatic carbocycles. The molecule has 0 aliphatic heterocycles. The second kappa shape index (κ2) is 6.36. The minimum Gasteiger partial charge on any atom is -0.497 e. The molecule has 1 aromatic heterocycles. The van der Waals surface area contributed by atoms with Crippen molar-refractivity contribution in [3.8, 4) is 17.0 Å². The monoisotopic (exact) mass is 356 g/mol. The van der Waals surface area contributed by atoms with Gasteiger partial charge in [-0.3, -0.25) is 4.68 Å². The van der Waals surface area contributed by atoms with Crippen LogP contribution in [0.1, 0.15) is 11.3 Å². The first-order valence-corrected chi connectivity index (χ1v) is 7.89. The zero-order valence-electron chi connectivity index (χ0n) is 12.6. The minimum atomic E-state index is 0.723. The van der Waals surface area contributed by atoms with E-state index in [1.165, 1.54) is 5.56 Å². The van der Waals surface area contributed by atoms with Gasteiger partial charge in [-0.25, -0.2) is 0 Å². The number of aryl methyl sites for hydroxylation is 1. The molecule has 0 N–H and O–H groups in total. The number of halogens is 1. The van der Waals surface area contributed by atoms with Crippen LogP contribution in [0.2, 0.25) is 0 Å². The molecule has 0 fully saturated rings. The van der Waals surface area contributed by atoms with Crippen LogP contribution >= 0.6 is 15.9 Å². The molecule has 4 heteroatoms. The molecule has 3 aromatic rings. The standard InChI is InChI=1S/C18H17BrN2O/c1-13-17(19)18(15-6-4-3-5-7-15)21(20-13)12-14-8-10-16(22-2)11-9-14/h3-11H,12H2,1-2H3. The maximum Gasteiger partial charge on any atom is 0.118 e. The lowest BCUT2D eigenvalue weighted by Gasteiger charge is -2.09. The van der Waals surface area contributed by atoms with Crippen LogP contribution in [0.4, 0.5) is 0 Å². The fourth-order valence-corrected chi connectivity index (χ4v) is 2.96.